The van der Waals surface area contributed by atoms with Crippen molar-refractivity contribution in [3.63, 3.8) is 0 Å². The Morgan fingerprint density at radius 3 is 2.64 bits per heavy atom. The van der Waals surface area contributed by atoms with Gasteiger partial charge >= 0.3 is 6.09 Å². The second kappa shape index (κ2) is 7.91. The van der Waals surface area contributed by atoms with Gasteiger partial charge in [-0.1, -0.05) is 28.1 Å². The van der Waals surface area contributed by atoms with Crippen molar-refractivity contribution in [3.05, 3.63) is 40.8 Å². The number of halogens is 2. The summed E-state index contributed by atoms with van der Waals surface area (Å²) >= 11 is 3.44. The summed E-state index contributed by atoms with van der Waals surface area (Å²) in [5, 5.41) is 0. The molecule has 7 heteroatoms. The Morgan fingerprint density at radius 2 is 2.00 bits per heavy atom. The molecule has 2 heterocycles. The molecule has 1 aliphatic heterocycles. The van der Waals surface area contributed by atoms with Gasteiger partial charge in [0.1, 0.15) is 11.4 Å². The second-order valence-electron chi connectivity index (χ2n) is 7.01. The first-order chi connectivity index (χ1) is 11.3. The molecule has 5 nitrogen and oxygen atoms in total. The van der Waals surface area contributed by atoms with Crippen LogP contribution in [0.5, 0.6) is 0 Å². The number of H-pyrrole nitrogens is 1. The number of nitrogens with zero attached hydrogens (tertiary/aromatic N) is 2. The van der Waals surface area contributed by atoms with Crippen molar-refractivity contribution < 1.29 is 9.53 Å². The summed E-state index contributed by atoms with van der Waals surface area (Å²) in [6.45, 7) is 6.35. The van der Waals surface area contributed by atoms with E-state index in [9.17, 15) is 4.79 Å². The predicted molar refractivity (Wildman–Crippen MR) is 107 cm³/mol. The molecule has 2 aromatic rings. The molecule has 0 spiro atoms. The zero-order valence-electron chi connectivity index (χ0n) is 14.6. The molecule has 1 saturated heterocycles. The van der Waals surface area contributed by atoms with Gasteiger partial charge in [0.15, 0.2) is 0 Å². The number of ether oxygens (including phenoxy) is 1. The molecule has 1 fully saturated rings. The predicted octanol–water partition coefficient (Wildman–Crippen LogP) is 5.49. The number of carbonyl (C=O) groups is 1. The van der Waals surface area contributed by atoms with Crippen LogP contribution in [0.1, 0.15) is 45.5 Å². The molecule has 0 bridgehead atoms. The fraction of sp³-hybridized carbons (Fsp3) is 0.444. The molecule has 1 atom stereocenters. The summed E-state index contributed by atoms with van der Waals surface area (Å²) < 4.78 is 6.55. The lowest BCUT2D eigenvalue weighted by atomic mass is 10.2. The van der Waals surface area contributed by atoms with Crippen LogP contribution in [0.25, 0.3) is 11.3 Å². The maximum Gasteiger partial charge on any atom is 0.410 e. The van der Waals surface area contributed by atoms with Gasteiger partial charge in [-0.05, 0) is 45.7 Å². The zero-order chi connectivity index (χ0) is 17.3. The van der Waals surface area contributed by atoms with Crippen LogP contribution in [-0.2, 0) is 4.74 Å². The molecule has 0 saturated carbocycles. The Balaban J connectivity index is 0.00000225. The normalized spacial score (nSPS) is 17.3. The van der Waals surface area contributed by atoms with Gasteiger partial charge < -0.3 is 9.72 Å². The van der Waals surface area contributed by atoms with Crippen LogP contribution in [0.3, 0.4) is 0 Å². The molecule has 25 heavy (non-hydrogen) atoms. The summed E-state index contributed by atoms with van der Waals surface area (Å²) in [6, 6.07) is 7.97. The number of hydrogen-bond acceptors (Lipinski definition) is 3. The van der Waals surface area contributed by atoms with Gasteiger partial charge in [-0.3, -0.25) is 4.90 Å². The quantitative estimate of drug-likeness (QED) is 0.628. The second-order valence-corrected chi connectivity index (χ2v) is 7.93. The van der Waals surface area contributed by atoms with Gasteiger partial charge in [-0.25, -0.2) is 9.78 Å². The Hall–Kier alpha value is -1.34. The van der Waals surface area contributed by atoms with Gasteiger partial charge in [0.2, 0.25) is 0 Å². The van der Waals surface area contributed by atoms with Crippen molar-refractivity contribution in [2.24, 2.45) is 0 Å². The molecular weight excluding hydrogens is 450 g/mol. The lowest BCUT2D eigenvalue weighted by Gasteiger charge is -2.27. The van der Waals surface area contributed by atoms with Crippen LogP contribution in [0.15, 0.2) is 34.9 Å². The number of hydrogen-bond donors (Lipinski definition) is 1. The number of amides is 1. The van der Waals surface area contributed by atoms with Crippen LogP contribution in [0.2, 0.25) is 0 Å². The lowest BCUT2D eigenvalue weighted by Crippen LogP contribution is -2.36. The van der Waals surface area contributed by atoms with E-state index in [4.69, 9.17) is 9.72 Å². The highest BCUT2D eigenvalue weighted by Crippen LogP contribution is 2.32. The van der Waals surface area contributed by atoms with E-state index >= 15 is 0 Å². The number of imidazole rings is 1. The van der Waals surface area contributed by atoms with Gasteiger partial charge in [0.25, 0.3) is 0 Å². The Morgan fingerprint density at radius 1 is 1.32 bits per heavy atom. The molecule has 3 rings (SSSR count). The molecule has 0 radical (unpaired) electrons. The monoisotopic (exact) mass is 471 g/mol. The fourth-order valence-corrected chi connectivity index (χ4v) is 3.13. The molecular formula is C18H23Br2N3O2. The largest absolute Gasteiger partial charge is 0.444 e. The number of aromatic nitrogens is 2. The number of likely N-dealkylation sites (tertiary alicyclic amines) is 1. The van der Waals surface area contributed by atoms with Crippen molar-refractivity contribution in [2.75, 3.05) is 6.54 Å². The summed E-state index contributed by atoms with van der Waals surface area (Å²) in [5.41, 5.74) is 1.44. The number of benzene rings is 1. The zero-order valence-corrected chi connectivity index (χ0v) is 17.9. The maximum atomic E-state index is 12.4. The molecule has 1 amide bonds. The highest BCUT2D eigenvalue weighted by atomic mass is 79.9. The third-order valence-electron chi connectivity index (χ3n) is 3.93. The molecule has 1 aliphatic rings. The first-order valence-electron chi connectivity index (χ1n) is 8.14. The minimum absolute atomic E-state index is 0. The molecule has 136 valence electrons. The van der Waals surface area contributed by atoms with E-state index in [-0.39, 0.29) is 29.1 Å². The van der Waals surface area contributed by atoms with E-state index in [0.29, 0.717) is 6.54 Å². The smallest absolute Gasteiger partial charge is 0.410 e. The summed E-state index contributed by atoms with van der Waals surface area (Å²) in [5.74, 6) is 0.816. The highest BCUT2D eigenvalue weighted by Gasteiger charge is 2.34. The van der Waals surface area contributed by atoms with Crippen LogP contribution in [0, 0.1) is 0 Å². The van der Waals surface area contributed by atoms with Crippen LogP contribution in [0.4, 0.5) is 4.79 Å². The van der Waals surface area contributed by atoms with Crippen LogP contribution >= 0.6 is 32.9 Å². The highest BCUT2D eigenvalue weighted by molar-refractivity contribution is 9.10. The van der Waals surface area contributed by atoms with E-state index in [0.717, 1.165) is 34.4 Å². The first-order valence-corrected chi connectivity index (χ1v) is 8.94. The van der Waals surface area contributed by atoms with Crippen molar-refractivity contribution in [1.29, 1.82) is 0 Å². The maximum absolute atomic E-state index is 12.4. The first kappa shape index (κ1) is 20.0. The van der Waals surface area contributed by atoms with Gasteiger partial charge in [-0.15, -0.1) is 17.0 Å². The summed E-state index contributed by atoms with van der Waals surface area (Å²) in [4.78, 5) is 22.1. The summed E-state index contributed by atoms with van der Waals surface area (Å²) in [6.07, 6.45) is 3.47. The minimum Gasteiger partial charge on any atom is -0.444 e. The van der Waals surface area contributed by atoms with Crippen LogP contribution < -0.4 is 0 Å². The van der Waals surface area contributed by atoms with Crippen molar-refractivity contribution >= 4 is 39.0 Å². The Kier molecular flexibility index (Phi) is 6.32. The average Bonchev–Trinajstić information content (AvgIpc) is 3.15. The lowest BCUT2D eigenvalue weighted by molar-refractivity contribution is 0.0219. The molecule has 1 aromatic heterocycles. The van der Waals surface area contributed by atoms with Crippen molar-refractivity contribution in [3.8, 4) is 11.3 Å². The molecule has 0 aliphatic carbocycles. The van der Waals surface area contributed by atoms with E-state index in [1.54, 1.807) is 4.90 Å². The topological polar surface area (TPSA) is 58.2 Å². The molecule has 1 aromatic carbocycles. The third kappa shape index (κ3) is 4.85. The number of nitrogens with one attached hydrogen (secondary N) is 1. The van der Waals surface area contributed by atoms with Gasteiger partial charge in [0, 0.05) is 22.8 Å². The van der Waals surface area contributed by atoms with Gasteiger partial charge in [0.05, 0.1) is 11.7 Å². The standard InChI is InChI=1S/C18H22BrN3O2.BrH/c1-18(2,3)24-17(23)22-10-4-5-15(22)16-20-11-14(21-16)12-6-8-13(19)9-7-12;/h6-9,11,15H,4-5,10H2,1-3H3,(H,20,21);1H. The van der Waals surface area contributed by atoms with E-state index in [1.165, 1.54) is 0 Å². The van der Waals surface area contributed by atoms with E-state index in [1.807, 2.05) is 51.2 Å². The number of rotatable bonds is 2. The van der Waals surface area contributed by atoms with Gasteiger partial charge in [-0.2, -0.15) is 0 Å². The van der Waals surface area contributed by atoms with Crippen molar-refractivity contribution in [1.82, 2.24) is 14.9 Å². The van der Waals surface area contributed by atoms with Crippen LogP contribution in [-0.4, -0.2) is 33.1 Å². The number of carbonyl (C=O) groups excluding carboxylic acids is 1. The van der Waals surface area contributed by atoms with E-state index in [2.05, 4.69) is 20.9 Å². The van der Waals surface area contributed by atoms with E-state index < -0.39 is 5.60 Å². The molecule has 1 unspecified atom stereocenters. The fourth-order valence-electron chi connectivity index (χ4n) is 2.87. The SMILES string of the molecule is Br.CC(C)(C)OC(=O)N1CCCC1c1nc(-c2ccc(Br)cc2)c[nH]1. The Labute approximate surface area is 167 Å². The summed E-state index contributed by atoms with van der Waals surface area (Å²) in [7, 11) is 0. The minimum atomic E-state index is -0.490. The third-order valence-corrected chi connectivity index (χ3v) is 4.46. The van der Waals surface area contributed by atoms with Crippen molar-refractivity contribution in [2.45, 2.75) is 45.3 Å². The molecule has 1 N–H and O–H groups in total. The number of aromatic amines is 1. The average molecular weight is 473 g/mol. The Bertz CT molecular complexity index is 723.